The summed E-state index contributed by atoms with van der Waals surface area (Å²) in [6.07, 6.45) is 0. The molecule has 2 aromatic rings. The Kier molecular flexibility index (Phi) is 5.03. The number of ether oxygens (including phenoxy) is 3. The first-order valence-electron chi connectivity index (χ1n) is 7.69. The summed E-state index contributed by atoms with van der Waals surface area (Å²) in [5, 5.41) is 2.77. The molecule has 1 aliphatic rings. The first-order chi connectivity index (χ1) is 12.5. The Bertz CT molecular complexity index is 859. The highest BCUT2D eigenvalue weighted by Crippen LogP contribution is 2.39. The van der Waals surface area contributed by atoms with E-state index in [1.807, 2.05) is 6.07 Å². The molecule has 7 nitrogen and oxygen atoms in total. The SMILES string of the molecule is COc1cc(C(=O)N2CC(=O)Nc3cc(Br)ccc32)cc(OC)c1OC. The summed E-state index contributed by atoms with van der Waals surface area (Å²) in [7, 11) is 4.45. The third-order valence-corrected chi connectivity index (χ3v) is 4.48. The zero-order valence-corrected chi connectivity index (χ0v) is 16.0. The van der Waals surface area contributed by atoms with Gasteiger partial charge in [0, 0.05) is 10.0 Å². The lowest BCUT2D eigenvalue weighted by Crippen LogP contribution is -2.42. The topological polar surface area (TPSA) is 77.1 Å². The van der Waals surface area contributed by atoms with Crippen LogP contribution >= 0.6 is 15.9 Å². The van der Waals surface area contributed by atoms with Crippen molar-refractivity contribution in [2.75, 3.05) is 38.1 Å². The maximum absolute atomic E-state index is 13.1. The second kappa shape index (κ2) is 7.25. The van der Waals surface area contributed by atoms with Gasteiger partial charge in [0.1, 0.15) is 6.54 Å². The van der Waals surface area contributed by atoms with Gasteiger partial charge in [-0.25, -0.2) is 0 Å². The van der Waals surface area contributed by atoms with Crippen molar-refractivity contribution in [1.29, 1.82) is 0 Å². The average molecular weight is 421 g/mol. The number of amides is 2. The molecular weight excluding hydrogens is 404 g/mol. The molecule has 0 fully saturated rings. The predicted molar refractivity (Wildman–Crippen MR) is 101 cm³/mol. The van der Waals surface area contributed by atoms with Crippen molar-refractivity contribution >= 4 is 39.1 Å². The third kappa shape index (κ3) is 3.20. The van der Waals surface area contributed by atoms with Gasteiger partial charge in [0.2, 0.25) is 11.7 Å². The normalized spacial score (nSPS) is 12.9. The summed E-state index contributed by atoms with van der Waals surface area (Å²) < 4.78 is 16.7. The quantitative estimate of drug-likeness (QED) is 0.821. The largest absolute Gasteiger partial charge is 0.493 e. The average Bonchev–Trinajstić information content (AvgIpc) is 2.64. The zero-order valence-electron chi connectivity index (χ0n) is 14.5. The molecule has 0 radical (unpaired) electrons. The molecule has 26 heavy (non-hydrogen) atoms. The van der Waals surface area contributed by atoms with Gasteiger partial charge in [-0.3, -0.25) is 14.5 Å². The van der Waals surface area contributed by atoms with Crippen LogP contribution in [0.2, 0.25) is 0 Å². The lowest BCUT2D eigenvalue weighted by molar-refractivity contribution is -0.115. The fourth-order valence-electron chi connectivity index (χ4n) is 2.80. The van der Waals surface area contributed by atoms with Gasteiger partial charge in [-0.05, 0) is 30.3 Å². The molecule has 2 amide bonds. The Labute approximate surface area is 159 Å². The second-order valence-electron chi connectivity index (χ2n) is 5.51. The number of halogens is 1. The smallest absolute Gasteiger partial charge is 0.259 e. The highest BCUT2D eigenvalue weighted by Gasteiger charge is 2.29. The van der Waals surface area contributed by atoms with E-state index in [9.17, 15) is 9.59 Å². The number of nitrogens with zero attached hydrogens (tertiary/aromatic N) is 1. The van der Waals surface area contributed by atoms with E-state index in [-0.39, 0.29) is 18.4 Å². The number of nitrogens with one attached hydrogen (secondary N) is 1. The van der Waals surface area contributed by atoms with Gasteiger partial charge in [0.25, 0.3) is 5.91 Å². The van der Waals surface area contributed by atoms with Gasteiger partial charge in [-0.15, -0.1) is 0 Å². The molecule has 0 saturated heterocycles. The van der Waals surface area contributed by atoms with Gasteiger partial charge in [0.15, 0.2) is 11.5 Å². The Morgan fingerprint density at radius 1 is 1.08 bits per heavy atom. The highest BCUT2D eigenvalue weighted by molar-refractivity contribution is 9.10. The number of benzene rings is 2. The fraction of sp³-hybridized carbons (Fsp3) is 0.222. The van der Waals surface area contributed by atoms with Gasteiger partial charge in [0.05, 0.1) is 32.7 Å². The Morgan fingerprint density at radius 3 is 2.31 bits per heavy atom. The lowest BCUT2D eigenvalue weighted by atomic mass is 10.1. The first-order valence-corrected chi connectivity index (χ1v) is 8.49. The summed E-state index contributed by atoms with van der Waals surface area (Å²) in [5.41, 5.74) is 1.51. The van der Waals surface area contributed by atoms with E-state index in [0.29, 0.717) is 34.2 Å². The van der Waals surface area contributed by atoms with Crippen LogP contribution in [0.15, 0.2) is 34.8 Å². The minimum atomic E-state index is -0.345. The van der Waals surface area contributed by atoms with E-state index in [0.717, 1.165) is 4.47 Å². The van der Waals surface area contributed by atoms with Crippen LogP contribution < -0.4 is 24.4 Å². The van der Waals surface area contributed by atoms with E-state index in [1.54, 1.807) is 24.3 Å². The van der Waals surface area contributed by atoms with Crippen molar-refractivity contribution in [3.8, 4) is 17.2 Å². The molecule has 2 aromatic carbocycles. The van der Waals surface area contributed by atoms with Gasteiger partial charge in [-0.2, -0.15) is 0 Å². The molecule has 0 saturated carbocycles. The minimum absolute atomic E-state index is 0.0792. The molecule has 0 aliphatic carbocycles. The number of carbonyl (C=O) groups excluding carboxylic acids is 2. The number of hydrogen-bond acceptors (Lipinski definition) is 5. The molecule has 8 heteroatoms. The van der Waals surface area contributed by atoms with E-state index in [1.165, 1.54) is 26.2 Å². The molecule has 1 heterocycles. The molecular formula is C18H17BrN2O5. The zero-order chi connectivity index (χ0) is 18.8. The van der Waals surface area contributed by atoms with Crippen LogP contribution in [0, 0.1) is 0 Å². The van der Waals surface area contributed by atoms with E-state index in [2.05, 4.69) is 21.2 Å². The summed E-state index contributed by atoms with van der Waals surface area (Å²) in [5.74, 6) is 0.520. The molecule has 136 valence electrons. The van der Waals surface area contributed by atoms with E-state index in [4.69, 9.17) is 14.2 Å². The second-order valence-corrected chi connectivity index (χ2v) is 6.43. The summed E-state index contributed by atoms with van der Waals surface area (Å²) in [6, 6.07) is 8.46. The van der Waals surface area contributed by atoms with Crippen molar-refractivity contribution in [2.24, 2.45) is 0 Å². The van der Waals surface area contributed by atoms with E-state index >= 15 is 0 Å². The summed E-state index contributed by atoms with van der Waals surface area (Å²) >= 11 is 3.36. The summed E-state index contributed by atoms with van der Waals surface area (Å²) in [4.78, 5) is 26.6. The molecule has 3 rings (SSSR count). The first kappa shape index (κ1) is 18.1. The Balaban J connectivity index is 2.06. The Hall–Kier alpha value is -2.74. The van der Waals surface area contributed by atoms with Crippen molar-refractivity contribution in [3.05, 3.63) is 40.4 Å². The van der Waals surface area contributed by atoms with E-state index < -0.39 is 0 Å². The van der Waals surface area contributed by atoms with Crippen molar-refractivity contribution in [3.63, 3.8) is 0 Å². The molecule has 0 bridgehead atoms. The number of carbonyl (C=O) groups is 2. The number of hydrogen-bond donors (Lipinski definition) is 1. The van der Waals surface area contributed by atoms with Crippen LogP contribution in [-0.4, -0.2) is 39.7 Å². The monoisotopic (exact) mass is 420 g/mol. The van der Waals surface area contributed by atoms with Gasteiger partial charge < -0.3 is 19.5 Å². The summed E-state index contributed by atoms with van der Waals surface area (Å²) in [6.45, 7) is -0.0792. The van der Waals surface area contributed by atoms with Crippen LogP contribution in [-0.2, 0) is 4.79 Å². The van der Waals surface area contributed by atoms with Crippen LogP contribution in [0.25, 0.3) is 0 Å². The van der Waals surface area contributed by atoms with Crippen molar-refractivity contribution < 1.29 is 23.8 Å². The predicted octanol–water partition coefficient (Wildman–Crippen LogP) is 3.07. The molecule has 1 aliphatic heterocycles. The standard InChI is InChI=1S/C18H17BrN2O5/c1-24-14-6-10(7-15(25-2)17(14)26-3)18(23)21-9-16(22)20-12-8-11(19)4-5-13(12)21/h4-8H,9H2,1-3H3,(H,20,22). The van der Waals surface area contributed by atoms with Gasteiger partial charge >= 0.3 is 0 Å². The van der Waals surface area contributed by atoms with Crippen LogP contribution in [0.1, 0.15) is 10.4 Å². The van der Waals surface area contributed by atoms with Crippen molar-refractivity contribution in [2.45, 2.75) is 0 Å². The lowest BCUT2D eigenvalue weighted by Gasteiger charge is -2.29. The maximum atomic E-state index is 13.1. The van der Waals surface area contributed by atoms with Crippen LogP contribution in [0.4, 0.5) is 11.4 Å². The molecule has 0 aromatic heterocycles. The molecule has 1 N–H and O–H groups in total. The molecule has 0 unspecified atom stereocenters. The van der Waals surface area contributed by atoms with Crippen LogP contribution in [0.3, 0.4) is 0 Å². The van der Waals surface area contributed by atoms with Crippen LogP contribution in [0.5, 0.6) is 17.2 Å². The van der Waals surface area contributed by atoms with Gasteiger partial charge in [-0.1, -0.05) is 15.9 Å². The number of anilines is 2. The molecule has 0 spiro atoms. The Morgan fingerprint density at radius 2 is 1.73 bits per heavy atom. The fourth-order valence-corrected chi connectivity index (χ4v) is 3.16. The minimum Gasteiger partial charge on any atom is -0.493 e. The maximum Gasteiger partial charge on any atom is 0.259 e. The number of rotatable bonds is 4. The number of fused-ring (bicyclic) bond motifs is 1. The number of methoxy groups -OCH3 is 3. The van der Waals surface area contributed by atoms with Crippen molar-refractivity contribution in [1.82, 2.24) is 0 Å². The highest BCUT2D eigenvalue weighted by atomic mass is 79.9. The third-order valence-electron chi connectivity index (χ3n) is 3.98. The molecule has 0 atom stereocenters.